The van der Waals surface area contributed by atoms with E-state index in [0.29, 0.717) is 19.5 Å². The van der Waals surface area contributed by atoms with E-state index in [1.165, 1.54) is 34.1 Å². The summed E-state index contributed by atoms with van der Waals surface area (Å²) in [5.74, 6) is 0. The summed E-state index contributed by atoms with van der Waals surface area (Å²) in [5, 5.41) is 4.98. The van der Waals surface area contributed by atoms with Crippen molar-refractivity contribution in [2.45, 2.75) is 23.1 Å². The average molecular weight is 316 g/mol. The van der Waals surface area contributed by atoms with Crippen molar-refractivity contribution < 1.29 is 16.8 Å². The minimum absolute atomic E-state index is 0.0675. The van der Waals surface area contributed by atoms with Crippen molar-refractivity contribution in [1.82, 2.24) is 4.31 Å². The molecule has 110 valence electrons. The zero-order valence-corrected chi connectivity index (χ0v) is 12.6. The molecule has 0 fully saturated rings. The summed E-state index contributed by atoms with van der Waals surface area (Å²) in [6.07, 6.45) is 2.58. The second-order valence-corrected chi connectivity index (χ2v) is 8.18. The first kappa shape index (κ1) is 15.2. The summed E-state index contributed by atoms with van der Waals surface area (Å²) in [4.78, 5) is -0.0383. The molecule has 6 nitrogen and oxygen atoms in total. The van der Waals surface area contributed by atoms with Gasteiger partial charge in [0.15, 0.2) is 0 Å². The molecule has 0 radical (unpaired) electrons. The molecule has 1 aliphatic rings. The molecule has 0 aromatic heterocycles. The van der Waals surface area contributed by atoms with Crippen LogP contribution >= 0.6 is 0 Å². The molecular formula is C12H16N2O4S2. The van der Waals surface area contributed by atoms with Crippen molar-refractivity contribution in [3.05, 3.63) is 35.9 Å². The van der Waals surface area contributed by atoms with Crippen LogP contribution in [0, 0.1) is 0 Å². The van der Waals surface area contributed by atoms with Gasteiger partial charge in [-0.1, -0.05) is 11.6 Å². The Balaban J connectivity index is 2.31. The molecule has 8 heteroatoms. The average Bonchev–Trinajstić information content (AvgIpc) is 2.38. The van der Waals surface area contributed by atoms with Crippen LogP contribution in [-0.2, 0) is 20.0 Å². The Morgan fingerprint density at radius 3 is 2.05 bits per heavy atom. The van der Waals surface area contributed by atoms with Crippen LogP contribution in [0.5, 0.6) is 0 Å². The smallest absolute Gasteiger partial charge is 0.225 e. The van der Waals surface area contributed by atoms with E-state index in [1.807, 2.05) is 13.0 Å². The molecule has 0 saturated carbocycles. The van der Waals surface area contributed by atoms with E-state index in [0.717, 1.165) is 0 Å². The summed E-state index contributed by atoms with van der Waals surface area (Å²) < 4.78 is 48.4. The van der Waals surface area contributed by atoms with Gasteiger partial charge in [0.05, 0.1) is 9.79 Å². The first-order valence-corrected chi connectivity index (χ1v) is 8.98. The second-order valence-electron chi connectivity index (χ2n) is 4.68. The fraction of sp³-hybridized carbons (Fsp3) is 0.333. The molecule has 0 saturated heterocycles. The summed E-state index contributed by atoms with van der Waals surface area (Å²) in [7, 11) is -7.41. The monoisotopic (exact) mass is 316 g/mol. The van der Waals surface area contributed by atoms with Gasteiger partial charge in [-0.2, -0.15) is 4.31 Å². The predicted molar refractivity (Wildman–Crippen MR) is 74.9 cm³/mol. The molecule has 1 heterocycles. The van der Waals surface area contributed by atoms with Crippen LogP contribution < -0.4 is 5.14 Å². The van der Waals surface area contributed by atoms with Crippen molar-refractivity contribution in [1.29, 1.82) is 0 Å². The van der Waals surface area contributed by atoms with E-state index in [1.54, 1.807) is 0 Å². The van der Waals surface area contributed by atoms with Crippen LogP contribution in [0.25, 0.3) is 0 Å². The van der Waals surface area contributed by atoms with Crippen molar-refractivity contribution in [3.8, 4) is 0 Å². The van der Waals surface area contributed by atoms with Crippen LogP contribution in [0.2, 0.25) is 0 Å². The lowest BCUT2D eigenvalue weighted by atomic mass is 10.1. The minimum atomic E-state index is -3.82. The highest BCUT2D eigenvalue weighted by atomic mass is 32.2. The lowest BCUT2D eigenvalue weighted by Gasteiger charge is -2.24. The van der Waals surface area contributed by atoms with Gasteiger partial charge in [-0.25, -0.2) is 22.0 Å². The van der Waals surface area contributed by atoms with Crippen molar-refractivity contribution in [2.75, 3.05) is 13.1 Å². The van der Waals surface area contributed by atoms with E-state index in [4.69, 9.17) is 5.14 Å². The van der Waals surface area contributed by atoms with E-state index >= 15 is 0 Å². The highest BCUT2D eigenvalue weighted by Gasteiger charge is 2.25. The van der Waals surface area contributed by atoms with Crippen LogP contribution in [0.1, 0.15) is 13.3 Å². The lowest BCUT2D eigenvalue weighted by molar-refractivity contribution is 0.431. The van der Waals surface area contributed by atoms with Gasteiger partial charge in [-0.05, 0) is 37.6 Å². The molecule has 0 bridgehead atoms. The quantitative estimate of drug-likeness (QED) is 0.829. The van der Waals surface area contributed by atoms with Gasteiger partial charge in [0.2, 0.25) is 20.0 Å². The summed E-state index contributed by atoms with van der Waals surface area (Å²) >= 11 is 0. The maximum Gasteiger partial charge on any atom is 0.243 e. The molecule has 0 spiro atoms. The Hall–Kier alpha value is -1.22. The van der Waals surface area contributed by atoms with Gasteiger partial charge in [0.25, 0.3) is 0 Å². The van der Waals surface area contributed by atoms with E-state index in [-0.39, 0.29) is 9.79 Å². The van der Waals surface area contributed by atoms with Gasteiger partial charge in [0.1, 0.15) is 0 Å². The van der Waals surface area contributed by atoms with Crippen molar-refractivity contribution in [2.24, 2.45) is 5.14 Å². The predicted octanol–water partition coefficient (Wildman–Crippen LogP) is 0.675. The molecular weight excluding hydrogens is 300 g/mol. The third kappa shape index (κ3) is 3.09. The molecule has 0 unspecified atom stereocenters. The standard InChI is InChI=1S/C12H16N2O4S2/c1-10-6-8-14(9-7-10)20(17,18)12-4-2-11(3-5-12)19(13,15)16/h2-6H,7-9H2,1H3,(H2,13,15,16). The maximum atomic E-state index is 12.4. The Bertz CT molecular complexity index is 734. The number of sulfonamides is 2. The molecule has 0 atom stereocenters. The Morgan fingerprint density at radius 2 is 1.60 bits per heavy atom. The van der Waals surface area contributed by atoms with Gasteiger partial charge in [0, 0.05) is 13.1 Å². The van der Waals surface area contributed by atoms with Crippen LogP contribution in [-0.4, -0.2) is 34.2 Å². The first-order chi connectivity index (χ1) is 9.21. The molecule has 2 rings (SSSR count). The fourth-order valence-electron chi connectivity index (χ4n) is 1.92. The number of hydrogen-bond donors (Lipinski definition) is 1. The molecule has 1 aromatic carbocycles. The number of hydrogen-bond acceptors (Lipinski definition) is 4. The SMILES string of the molecule is CC1=CCN(S(=O)(=O)c2ccc(S(N)(=O)=O)cc2)CC1. The van der Waals surface area contributed by atoms with Crippen LogP contribution in [0.4, 0.5) is 0 Å². The zero-order valence-electron chi connectivity index (χ0n) is 11.0. The van der Waals surface area contributed by atoms with Gasteiger partial charge in [-0.15, -0.1) is 0 Å². The van der Waals surface area contributed by atoms with E-state index < -0.39 is 20.0 Å². The zero-order chi connectivity index (χ0) is 15.0. The van der Waals surface area contributed by atoms with Crippen LogP contribution in [0.3, 0.4) is 0 Å². The Morgan fingerprint density at radius 1 is 1.05 bits per heavy atom. The highest BCUT2D eigenvalue weighted by molar-refractivity contribution is 7.89. The third-order valence-electron chi connectivity index (χ3n) is 3.19. The summed E-state index contributed by atoms with van der Waals surface area (Å²) in [5.41, 5.74) is 1.17. The Labute approximate surface area is 119 Å². The molecule has 2 N–H and O–H groups in total. The number of nitrogens with two attached hydrogens (primary N) is 1. The maximum absolute atomic E-state index is 12.4. The number of nitrogens with zero attached hydrogens (tertiary/aromatic N) is 1. The van der Waals surface area contributed by atoms with Gasteiger partial charge in [-0.3, -0.25) is 0 Å². The number of benzene rings is 1. The summed E-state index contributed by atoms with van der Waals surface area (Å²) in [6, 6.07) is 4.93. The second kappa shape index (κ2) is 5.28. The molecule has 0 aliphatic carbocycles. The molecule has 1 aliphatic heterocycles. The van der Waals surface area contributed by atoms with Crippen molar-refractivity contribution >= 4 is 20.0 Å². The lowest BCUT2D eigenvalue weighted by Crippen LogP contribution is -2.34. The topological polar surface area (TPSA) is 97.5 Å². The highest BCUT2D eigenvalue weighted by Crippen LogP contribution is 2.21. The van der Waals surface area contributed by atoms with Gasteiger partial charge >= 0.3 is 0 Å². The minimum Gasteiger partial charge on any atom is -0.225 e. The van der Waals surface area contributed by atoms with E-state index in [2.05, 4.69) is 0 Å². The van der Waals surface area contributed by atoms with E-state index in [9.17, 15) is 16.8 Å². The van der Waals surface area contributed by atoms with Crippen molar-refractivity contribution in [3.63, 3.8) is 0 Å². The Kier molecular flexibility index (Phi) is 4.01. The molecule has 0 amide bonds. The summed E-state index contributed by atoms with van der Waals surface area (Å²) in [6.45, 7) is 2.73. The fourth-order valence-corrected chi connectivity index (χ4v) is 3.82. The number of primary sulfonamides is 1. The van der Waals surface area contributed by atoms with Gasteiger partial charge < -0.3 is 0 Å². The molecule has 1 aromatic rings. The third-order valence-corrected chi connectivity index (χ3v) is 6.00. The first-order valence-electron chi connectivity index (χ1n) is 6.00. The number of rotatable bonds is 3. The largest absolute Gasteiger partial charge is 0.243 e. The normalized spacial score (nSPS) is 17.8. The van der Waals surface area contributed by atoms with Crippen LogP contribution in [0.15, 0.2) is 45.7 Å². The molecule has 20 heavy (non-hydrogen) atoms.